The molecule has 0 radical (unpaired) electrons. The van der Waals surface area contributed by atoms with Crippen LogP contribution in [0.4, 0.5) is 0 Å². The molecule has 0 unspecified atom stereocenters. The van der Waals surface area contributed by atoms with E-state index in [1.807, 2.05) is 0 Å². The fourth-order valence-electron chi connectivity index (χ4n) is 2.69. The molecule has 3 rings (SSSR count). The Morgan fingerprint density at radius 1 is 0.900 bits per heavy atom. The van der Waals surface area contributed by atoms with Gasteiger partial charge in [-0.25, -0.2) is 0 Å². The zero-order chi connectivity index (χ0) is 13.9. The Bertz CT molecular complexity index is 630. The van der Waals surface area contributed by atoms with Crippen molar-refractivity contribution in [1.82, 2.24) is 0 Å². The zero-order valence-corrected chi connectivity index (χ0v) is 12.1. The van der Waals surface area contributed by atoms with Gasteiger partial charge in [-0.3, -0.25) is 0 Å². The van der Waals surface area contributed by atoms with Gasteiger partial charge in [-0.05, 0) is 42.5 Å². The van der Waals surface area contributed by atoms with Crippen molar-refractivity contribution in [3.63, 3.8) is 0 Å². The van der Waals surface area contributed by atoms with Crippen LogP contribution in [0.25, 0.3) is 5.57 Å². The third-order valence-electron chi connectivity index (χ3n) is 3.96. The molecule has 0 N–H and O–H groups in total. The van der Waals surface area contributed by atoms with Gasteiger partial charge in [0.1, 0.15) is 5.76 Å². The molecule has 0 saturated carbocycles. The first kappa shape index (κ1) is 13.0. The third-order valence-corrected chi connectivity index (χ3v) is 3.96. The Balaban J connectivity index is 2.15. The van der Waals surface area contributed by atoms with Crippen molar-refractivity contribution < 1.29 is 4.74 Å². The maximum absolute atomic E-state index is 5.87. The van der Waals surface area contributed by atoms with Gasteiger partial charge in [-0.2, -0.15) is 0 Å². The van der Waals surface area contributed by atoms with Crippen LogP contribution in [0, 0.1) is 13.8 Å². The molecule has 1 heteroatoms. The maximum atomic E-state index is 5.87. The summed E-state index contributed by atoms with van der Waals surface area (Å²) in [6, 6.07) is 17.2. The highest BCUT2D eigenvalue weighted by Crippen LogP contribution is 2.33. The highest BCUT2D eigenvalue weighted by atomic mass is 16.5. The minimum Gasteiger partial charge on any atom is -0.497 e. The summed E-state index contributed by atoms with van der Waals surface area (Å²) >= 11 is 0. The minimum atomic E-state index is 0.844. The van der Waals surface area contributed by atoms with Crippen molar-refractivity contribution in [1.29, 1.82) is 0 Å². The summed E-state index contributed by atoms with van der Waals surface area (Å²) in [7, 11) is 0. The molecule has 0 spiro atoms. The lowest BCUT2D eigenvalue weighted by Crippen LogP contribution is -1.95. The molecule has 20 heavy (non-hydrogen) atoms. The van der Waals surface area contributed by atoms with Crippen LogP contribution in [0.1, 0.15) is 35.1 Å². The van der Waals surface area contributed by atoms with Gasteiger partial charge in [0.15, 0.2) is 0 Å². The van der Waals surface area contributed by atoms with Crippen LogP contribution in [-0.2, 0) is 4.74 Å². The van der Waals surface area contributed by atoms with Crippen molar-refractivity contribution in [3.8, 4) is 0 Å². The molecule has 0 amide bonds. The SMILES string of the molecule is Cc1ccc(/C(=C2\CCCO2)c2ccccc2)cc1C. The first-order chi connectivity index (χ1) is 9.75. The zero-order valence-electron chi connectivity index (χ0n) is 12.1. The van der Waals surface area contributed by atoms with Gasteiger partial charge < -0.3 is 4.74 Å². The molecule has 1 fully saturated rings. The summed E-state index contributed by atoms with van der Waals surface area (Å²) in [5, 5.41) is 0. The summed E-state index contributed by atoms with van der Waals surface area (Å²) in [6.07, 6.45) is 2.16. The summed E-state index contributed by atoms with van der Waals surface area (Å²) in [4.78, 5) is 0. The molecule has 0 aliphatic carbocycles. The molecule has 2 aromatic carbocycles. The quantitative estimate of drug-likeness (QED) is 0.751. The Kier molecular flexibility index (Phi) is 3.60. The average molecular weight is 264 g/mol. The van der Waals surface area contributed by atoms with Gasteiger partial charge in [-0.1, -0.05) is 48.5 Å². The van der Waals surface area contributed by atoms with E-state index >= 15 is 0 Å². The molecule has 0 atom stereocenters. The van der Waals surface area contributed by atoms with E-state index in [9.17, 15) is 0 Å². The topological polar surface area (TPSA) is 9.23 Å². The largest absolute Gasteiger partial charge is 0.497 e. The van der Waals surface area contributed by atoms with E-state index in [2.05, 4.69) is 62.4 Å². The second-order valence-electron chi connectivity index (χ2n) is 5.42. The van der Waals surface area contributed by atoms with Crippen molar-refractivity contribution >= 4 is 5.57 Å². The van der Waals surface area contributed by atoms with E-state index in [1.54, 1.807) is 0 Å². The van der Waals surface area contributed by atoms with Crippen LogP contribution < -0.4 is 0 Å². The van der Waals surface area contributed by atoms with Gasteiger partial charge in [-0.15, -0.1) is 0 Å². The highest BCUT2D eigenvalue weighted by molar-refractivity contribution is 5.81. The molecular weight excluding hydrogens is 244 g/mol. The Labute approximate surface area is 120 Å². The Morgan fingerprint density at radius 2 is 1.70 bits per heavy atom. The molecular formula is C19H20O. The highest BCUT2D eigenvalue weighted by Gasteiger charge is 2.17. The molecule has 1 saturated heterocycles. The fraction of sp³-hybridized carbons (Fsp3) is 0.263. The van der Waals surface area contributed by atoms with E-state index in [0.29, 0.717) is 0 Å². The maximum Gasteiger partial charge on any atom is 0.104 e. The van der Waals surface area contributed by atoms with E-state index in [4.69, 9.17) is 4.74 Å². The lowest BCUT2D eigenvalue weighted by atomic mass is 9.93. The number of hydrogen-bond acceptors (Lipinski definition) is 1. The predicted molar refractivity (Wildman–Crippen MR) is 83.6 cm³/mol. The first-order valence-corrected chi connectivity index (χ1v) is 7.25. The molecule has 2 aromatic rings. The lowest BCUT2D eigenvalue weighted by Gasteiger charge is -2.13. The third kappa shape index (κ3) is 2.49. The molecule has 1 aliphatic rings. The van der Waals surface area contributed by atoms with Crippen LogP contribution in [0.15, 0.2) is 54.3 Å². The van der Waals surface area contributed by atoms with Crippen molar-refractivity contribution in [2.45, 2.75) is 26.7 Å². The lowest BCUT2D eigenvalue weighted by molar-refractivity contribution is 0.265. The molecule has 0 aromatic heterocycles. The molecule has 1 nitrogen and oxygen atoms in total. The summed E-state index contributed by atoms with van der Waals surface area (Å²) in [5.74, 6) is 1.14. The van der Waals surface area contributed by atoms with Crippen LogP contribution >= 0.6 is 0 Å². The number of hydrogen-bond donors (Lipinski definition) is 0. The van der Waals surface area contributed by atoms with Crippen molar-refractivity contribution in [2.24, 2.45) is 0 Å². The smallest absolute Gasteiger partial charge is 0.104 e. The molecule has 1 aliphatic heterocycles. The standard InChI is InChI=1S/C19H20O/c1-14-10-11-17(13-15(14)2)19(18-9-6-12-20-18)16-7-4-3-5-8-16/h3-5,7-8,10-11,13H,6,9,12H2,1-2H3/b19-18+. The first-order valence-electron chi connectivity index (χ1n) is 7.25. The van der Waals surface area contributed by atoms with E-state index in [1.165, 1.54) is 27.8 Å². The van der Waals surface area contributed by atoms with Crippen LogP contribution in [-0.4, -0.2) is 6.61 Å². The van der Waals surface area contributed by atoms with Gasteiger partial charge in [0.2, 0.25) is 0 Å². The Morgan fingerprint density at radius 3 is 2.35 bits per heavy atom. The van der Waals surface area contributed by atoms with Crippen molar-refractivity contribution in [3.05, 3.63) is 76.5 Å². The monoisotopic (exact) mass is 264 g/mol. The number of aryl methyl sites for hydroxylation is 2. The van der Waals surface area contributed by atoms with Gasteiger partial charge in [0.05, 0.1) is 6.61 Å². The van der Waals surface area contributed by atoms with Crippen molar-refractivity contribution in [2.75, 3.05) is 6.61 Å². The molecule has 1 heterocycles. The predicted octanol–water partition coefficient (Wildman–Crippen LogP) is 4.87. The normalized spacial score (nSPS) is 16.9. The summed E-state index contributed by atoms with van der Waals surface area (Å²) in [6.45, 7) is 5.17. The fourth-order valence-corrected chi connectivity index (χ4v) is 2.69. The van der Waals surface area contributed by atoms with Crippen LogP contribution in [0.2, 0.25) is 0 Å². The molecule has 102 valence electrons. The van der Waals surface area contributed by atoms with Gasteiger partial charge in [0.25, 0.3) is 0 Å². The van der Waals surface area contributed by atoms with E-state index in [0.717, 1.165) is 25.2 Å². The van der Waals surface area contributed by atoms with E-state index < -0.39 is 0 Å². The van der Waals surface area contributed by atoms with E-state index in [-0.39, 0.29) is 0 Å². The number of benzene rings is 2. The van der Waals surface area contributed by atoms with Gasteiger partial charge >= 0.3 is 0 Å². The summed E-state index contributed by atoms with van der Waals surface area (Å²) in [5.41, 5.74) is 6.42. The van der Waals surface area contributed by atoms with Gasteiger partial charge in [0, 0.05) is 12.0 Å². The second kappa shape index (κ2) is 5.54. The average Bonchev–Trinajstić information content (AvgIpc) is 2.98. The molecule has 0 bridgehead atoms. The number of allylic oxidation sites excluding steroid dienone is 1. The second-order valence-corrected chi connectivity index (χ2v) is 5.42. The number of ether oxygens (including phenoxy) is 1. The van der Waals surface area contributed by atoms with Crippen LogP contribution in [0.5, 0.6) is 0 Å². The van der Waals surface area contributed by atoms with Crippen LogP contribution in [0.3, 0.4) is 0 Å². The minimum absolute atomic E-state index is 0.844. The summed E-state index contributed by atoms with van der Waals surface area (Å²) < 4.78 is 5.87. The Hall–Kier alpha value is -2.02. The number of rotatable bonds is 2.